The molecule has 0 fully saturated rings. The Morgan fingerprint density at radius 1 is 0.412 bits per heavy atom. The van der Waals surface area contributed by atoms with E-state index in [9.17, 15) is 10.5 Å². The van der Waals surface area contributed by atoms with E-state index in [1.165, 1.54) is 0 Å². The van der Waals surface area contributed by atoms with Gasteiger partial charge in [0.05, 0.1) is 24.5 Å². The van der Waals surface area contributed by atoms with E-state index in [-0.39, 0.29) is 0 Å². The summed E-state index contributed by atoms with van der Waals surface area (Å²) in [6.45, 7) is 61.5. The minimum Gasteiger partial charge on any atom is -0.464 e. The number of hydrogen-bond donors (Lipinski definition) is 0. The zero-order valence-corrected chi connectivity index (χ0v) is 49.3. The number of benzene rings is 6. The molecule has 0 heterocycles. The lowest BCUT2D eigenvalue weighted by molar-refractivity contribution is 0.349. The molecule has 1 unspecified atom stereocenters. The summed E-state index contributed by atoms with van der Waals surface area (Å²) in [6.07, 6.45) is 15.5. The first-order valence-electron chi connectivity index (χ1n) is 28.1. The van der Waals surface area contributed by atoms with E-state index in [0.717, 1.165) is 22.3 Å². The molecule has 0 saturated heterocycles. The maximum absolute atomic E-state index is 11.0. The molecule has 0 aromatic heterocycles. The number of fused-ring (bicyclic) bond motifs is 4. The van der Waals surface area contributed by atoms with Gasteiger partial charge < -0.3 is 38.5 Å². The molecule has 0 N–H and O–H groups in total. The van der Waals surface area contributed by atoms with Gasteiger partial charge in [-0.1, -0.05) is 101 Å². The van der Waals surface area contributed by atoms with Gasteiger partial charge in [-0.3, -0.25) is 0 Å². The smallest absolute Gasteiger partial charge is 0.251 e. The summed E-state index contributed by atoms with van der Waals surface area (Å²) >= 11 is 0. The van der Waals surface area contributed by atoms with Gasteiger partial charge in [-0.25, -0.2) is 9.69 Å². The molecule has 12 nitrogen and oxygen atoms in total. The van der Waals surface area contributed by atoms with Crippen LogP contribution in [0.3, 0.4) is 0 Å². The molecule has 0 radical (unpaired) electrons. The topological polar surface area (TPSA) is 106 Å². The fourth-order valence-corrected chi connectivity index (χ4v) is 12.3. The number of ether oxygens (including phenoxy) is 4. The van der Waals surface area contributed by atoms with E-state index in [2.05, 4.69) is 108 Å². The lowest BCUT2D eigenvalue weighted by Gasteiger charge is -2.31. The van der Waals surface area contributed by atoms with Crippen molar-refractivity contribution >= 4 is 34.1 Å². The average molecular weight is 1130 g/mol. The highest BCUT2D eigenvalue weighted by Crippen LogP contribution is 2.66. The van der Waals surface area contributed by atoms with Crippen LogP contribution in [0.25, 0.3) is 9.69 Å². The molecule has 85 heavy (non-hydrogen) atoms. The van der Waals surface area contributed by atoms with E-state index in [1.54, 1.807) is 72.9 Å². The number of para-hydroxylation sites is 2. The van der Waals surface area contributed by atoms with Gasteiger partial charge in [0.25, 0.3) is 11.4 Å². The van der Waals surface area contributed by atoms with Crippen LogP contribution in [-0.4, -0.2) is 52.4 Å². The minimum absolute atomic E-state index is 0.291. The number of hydrogen-bond acceptors (Lipinski definition) is 10. The van der Waals surface area contributed by atoms with Gasteiger partial charge in [-0.15, -0.1) is 52.6 Å². The van der Waals surface area contributed by atoms with E-state index >= 15 is 0 Å². The SMILES string of the molecule is [C-]#[N+]c1c(Oc2cc3c(cc2Oc2cccc(N(CC=C)CC=C)c2[N+]#[C-])C2(CC(C)(C)c4cc(Oc5cccc(N(CC=C)CC=C)c5C#N)c(Oc5cccc(N(CC=C)CC=C)c5C#N)cc42)CC3(C)C)cccc1N(CC=C)CC=C. The van der Waals surface area contributed by atoms with Crippen LogP contribution < -0.4 is 38.5 Å². The summed E-state index contributed by atoms with van der Waals surface area (Å²) in [4.78, 5) is 16.1. The molecule has 12 heteroatoms. The lowest BCUT2D eigenvalue weighted by Crippen LogP contribution is -2.27. The van der Waals surface area contributed by atoms with Gasteiger partial charge in [0.15, 0.2) is 23.0 Å². The Kier molecular flexibility index (Phi) is 18.7. The zero-order chi connectivity index (χ0) is 61.1. The third kappa shape index (κ3) is 12.0. The average Bonchev–Trinajstić information content (AvgIpc) is 1.54. The summed E-state index contributed by atoms with van der Waals surface area (Å²) in [7, 11) is 0. The highest BCUT2D eigenvalue weighted by atomic mass is 16.5. The summed E-state index contributed by atoms with van der Waals surface area (Å²) < 4.78 is 28.2. The predicted octanol–water partition coefficient (Wildman–Crippen LogP) is 18.1. The monoisotopic (exact) mass is 1120 g/mol. The van der Waals surface area contributed by atoms with E-state index < -0.39 is 16.2 Å². The van der Waals surface area contributed by atoms with Gasteiger partial charge in [-0.2, -0.15) is 10.5 Å². The van der Waals surface area contributed by atoms with Crippen molar-refractivity contribution in [3.8, 4) is 58.1 Å². The summed E-state index contributed by atoms with van der Waals surface area (Å²) in [5, 5.41) is 21.9. The Morgan fingerprint density at radius 2 is 0.671 bits per heavy atom. The van der Waals surface area contributed by atoms with Crippen molar-refractivity contribution in [2.45, 2.75) is 56.8 Å². The summed E-state index contributed by atoms with van der Waals surface area (Å²) in [6, 6.07) is 35.1. The Balaban J connectivity index is 1.40. The van der Waals surface area contributed by atoms with Crippen molar-refractivity contribution in [3.05, 3.63) is 255 Å². The van der Waals surface area contributed by atoms with Gasteiger partial charge in [0.2, 0.25) is 0 Å². The largest absolute Gasteiger partial charge is 0.464 e. The molecule has 1 spiro atoms. The molecule has 2 aliphatic rings. The van der Waals surface area contributed by atoms with Crippen LogP contribution in [0.15, 0.2) is 198 Å². The molecular weight excluding hydrogens is 1050 g/mol. The molecule has 6 aromatic carbocycles. The Hall–Kier alpha value is -10.4. The maximum atomic E-state index is 11.0. The zero-order valence-electron chi connectivity index (χ0n) is 49.3. The van der Waals surface area contributed by atoms with Crippen LogP contribution in [0.5, 0.6) is 46.0 Å². The van der Waals surface area contributed by atoms with Crippen molar-refractivity contribution in [1.82, 2.24) is 0 Å². The second-order valence-electron chi connectivity index (χ2n) is 22.2. The highest BCUT2D eigenvalue weighted by molar-refractivity contribution is 5.81. The molecule has 2 aliphatic carbocycles. The second kappa shape index (κ2) is 26.2. The standard InChI is InChI=1S/C73H72N8O4/c1-15-35-78(36-16-2)57-27-23-31-61(51(57)47-74)82-65-43-53-55(45-67(65)83-62-32-24-28-58(52(62)48-75)79(37-17-3)38-18-4)73(49-71(53,9)10)50-72(11,12)54-44-66(84-63-33-25-29-59(69(63)76-13)80(39-19-5)40-20-6)68(46-56(54)73)85-64-34-26-30-60(70(64)77-14)81(41-21-7)42-22-8/h15-34,43-46H,1-8,35-42,49-50H2,9-12H3. The molecule has 0 aliphatic heterocycles. The third-order valence-electron chi connectivity index (χ3n) is 15.6. The summed E-state index contributed by atoms with van der Waals surface area (Å²) in [5.41, 5.74) is 6.13. The first-order valence-corrected chi connectivity index (χ1v) is 28.1. The summed E-state index contributed by atoms with van der Waals surface area (Å²) in [5.74, 6) is 2.60. The minimum atomic E-state index is -0.699. The molecule has 6 aromatic rings. The van der Waals surface area contributed by atoms with Crippen LogP contribution in [0, 0.1) is 35.8 Å². The van der Waals surface area contributed by atoms with Crippen LogP contribution in [0.4, 0.5) is 34.1 Å². The third-order valence-corrected chi connectivity index (χ3v) is 15.6. The first-order chi connectivity index (χ1) is 41.1. The fraction of sp³-hybridized carbons (Fsp3) is 0.233. The molecular formula is C73H72N8O4. The quantitative estimate of drug-likeness (QED) is 0.0348. The van der Waals surface area contributed by atoms with Gasteiger partial charge in [0, 0.05) is 69.1 Å². The lowest BCUT2D eigenvalue weighted by atomic mass is 9.72. The van der Waals surface area contributed by atoms with Gasteiger partial charge in [0.1, 0.15) is 46.3 Å². The Labute approximate surface area is 502 Å². The molecule has 0 bridgehead atoms. The number of nitriles is 2. The van der Waals surface area contributed by atoms with E-state index in [4.69, 9.17) is 32.1 Å². The van der Waals surface area contributed by atoms with Crippen LogP contribution in [0.2, 0.25) is 0 Å². The van der Waals surface area contributed by atoms with E-state index in [1.807, 2.05) is 86.3 Å². The van der Waals surface area contributed by atoms with Gasteiger partial charge >= 0.3 is 0 Å². The van der Waals surface area contributed by atoms with Crippen molar-refractivity contribution in [2.75, 3.05) is 72.0 Å². The first kappa shape index (κ1) is 60.7. The Morgan fingerprint density at radius 3 is 0.953 bits per heavy atom. The molecule has 8 rings (SSSR count). The van der Waals surface area contributed by atoms with Crippen LogP contribution in [0.1, 0.15) is 73.9 Å². The molecule has 0 saturated carbocycles. The highest BCUT2D eigenvalue weighted by Gasteiger charge is 2.57. The van der Waals surface area contributed by atoms with Crippen LogP contribution >= 0.6 is 0 Å². The predicted molar refractivity (Wildman–Crippen MR) is 347 cm³/mol. The second-order valence-corrected chi connectivity index (χ2v) is 22.2. The van der Waals surface area contributed by atoms with Gasteiger partial charge in [-0.05, 0) is 119 Å². The van der Waals surface area contributed by atoms with Crippen LogP contribution in [-0.2, 0) is 16.2 Å². The van der Waals surface area contributed by atoms with Crippen molar-refractivity contribution in [2.24, 2.45) is 0 Å². The number of rotatable bonds is 28. The number of nitrogens with zero attached hydrogens (tertiary/aromatic N) is 8. The number of anilines is 4. The molecule has 428 valence electrons. The van der Waals surface area contributed by atoms with Crippen molar-refractivity contribution in [1.29, 1.82) is 10.5 Å². The van der Waals surface area contributed by atoms with Crippen molar-refractivity contribution in [3.63, 3.8) is 0 Å². The molecule has 1 atom stereocenters. The van der Waals surface area contributed by atoms with E-state index in [0.29, 0.717) is 156 Å². The molecule has 0 amide bonds. The Bertz CT molecular complexity index is 3520. The normalized spacial score (nSPS) is 14.5. The maximum Gasteiger partial charge on any atom is 0.251 e. The fourth-order valence-electron chi connectivity index (χ4n) is 12.3. The van der Waals surface area contributed by atoms with Crippen molar-refractivity contribution < 1.29 is 18.9 Å².